The number of hydrogen-bond donors (Lipinski definition) is 1. The van der Waals surface area contributed by atoms with Crippen molar-refractivity contribution in [1.82, 2.24) is 0 Å². The fourth-order valence-corrected chi connectivity index (χ4v) is 5.71. The van der Waals surface area contributed by atoms with E-state index in [9.17, 15) is 0 Å². The number of benzene rings is 4. The third-order valence-electron chi connectivity index (χ3n) is 8.24. The molecule has 6 heteroatoms. The predicted molar refractivity (Wildman–Crippen MR) is 175 cm³/mol. The predicted octanol–water partition coefficient (Wildman–Crippen LogP) is 11.4. The lowest BCUT2D eigenvalue weighted by atomic mass is 9.94. The molecule has 0 aliphatic heterocycles. The average Bonchev–Trinajstić information content (AvgIpc) is 3.06. The first-order chi connectivity index (χ1) is 21.9. The van der Waals surface area contributed by atoms with E-state index in [2.05, 4.69) is 0 Å². The molecule has 4 rings (SSSR count). The van der Waals surface area contributed by atoms with Crippen molar-refractivity contribution in [1.29, 1.82) is 0 Å². The Balaban J connectivity index is 1.61. The number of alkyl halides is 2. The van der Waals surface area contributed by atoms with E-state index in [-0.39, 0.29) is 29.7 Å². The van der Waals surface area contributed by atoms with Gasteiger partial charge in [0.2, 0.25) is 0 Å². The molecule has 0 aliphatic carbocycles. The molecule has 0 amide bonds. The highest BCUT2D eigenvalue weighted by Crippen LogP contribution is 2.42. The van der Waals surface area contributed by atoms with Crippen LogP contribution in [0.3, 0.4) is 0 Å². The van der Waals surface area contributed by atoms with Crippen molar-refractivity contribution in [3.05, 3.63) is 113 Å². The van der Waals surface area contributed by atoms with E-state index in [1.165, 1.54) is 12.1 Å². The van der Waals surface area contributed by atoms with Gasteiger partial charge in [-0.2, -0.15) is 8.78 Å². The molecule has 1 N–H and O–H groups in total. The third-order valence-corrected chi connectivity index (χ3v) is 8.24. The van der Waals surface area contributed by atoms with Crippen LogP contribution in [0.2, 0.25) is 0 Å². The van der Waals surface area contributed by atoms with Crippen molar-refractivity contribution < 1.29 is 27.4 Å². The summed E-state index contributed by atoms with van der Waals surface area (Å²) in [4.78, 5) is 0. The Morgan fingerprint density at radius 3 is 1.82 bits per heavy atom. The summed E-state index contributed by atoms with van der Waals surface area (Å²) < 4.78 is 68.7. The van der Waals surface area contributed by atoms with E-state index in [0.29, 0.717) is 18.4 Å². The van der Waals surface area contributed by atoms with Crippen molar-refractivity contribution in [2.45, 2.75) is 90.1 Å². The van der Waals surface area contributed by atoms with Crippen LogP contribution < -0.4 is 4.74 Å². The Kier molecular flexibility index (Phi) is 13.1. The molecule has 240 valence electrons. The second kappa shape index (κ2) is 17.2. The standard InChI is InChI=1S/C39H44F4O2/c1-2-3-18-31-27-32(24-25-33(31)29-19-12-10-13-20-29)39(42,43)45-38-35(30-21-14-11-15-22-30)28-36(40)34(37(38)41)23-16-8-6-4-5-7-9-17-26-44/h10-15,19-22,24-25,27-28,44H,2-9,16-18,23,26H2,1H3. The molecule has 2 nitrogen and oxygen atoms in total. The van der Waals surface area contributed by atoms with Gasteiger partial charge in [0.05, 0.1) is 5.56 Å². The second-order valence-corrected chi connectivity index (χ2v) is 11.7. The van der Waals surface area contributed by atoms with Crippen molar-refractivity contribution >= 4 is 0 Å². The van der Waals surface area contributed by atoms with E-state index in [4.69, 9.17) is 9.84 Å². The van der Waals surface area contributed by atoms with Crippen LogP contribution in [0, 0.1) is 11.6 Å². The van der Waals surface area contributed by atoms with Gasteiger partial charge in [0.15, 0.2) is 11.6 Å². The van der Waals surface area contributed by atoms with E-state index < -0.39 is 23.5 Å². The zero-order valence-corrected chi connectivity index (χ0v) is 26.1. The van der Waals surface area contributed by atoms with E-state index in [0.717, 1.165) is 80.5 Å². The van der Waals surface area contributed by atoms with E-state index in [1.807, 2.05) is 37.3 Å². The van der Waals surface area contributed by atoms with Gasteiger partial charge in [-0.3, -0.25) is 0 Å². The van der Waals surface area contributed by atoms with Gasteiger partial charge in [-0.25, -0.2) is 8.78 Å². The van der Waals surface area contributed by atoms with Crippen LogP contribution in [0.1, 0.15) is 87.8 Å². The third kappa shape index (κ3) is 9.43. The Hall–Kier alpha value is -3.64. The lowest BCUT2D eigenvalue weighted by Gasteiger charge is -2.23. The first-order valence-electron chi connectivity index (χ1n) is 16.3. The highest BCUT2D eigenvalue weighted by atomic mass is 19.3. The summed E-state index contributed by atoms with van der Waals surface area (Å²) in [6.45, 7) is 2.25. The fourth-order valence-electron chi connectivity index (χ4n) is 5.71. The van der Waals surface area contributed by atoms with Crippen molar-refractivity contribution in [2.24, 2.45) is 0 Å². The van der Waals surface area contributed by atoms with Gasteiger partial charge in [0.1, 0.15) is 5.82 Å². The minimum Gasteiger partial charge on any atom is -0.425 e. The van der Waals surface area contributed by atoms with Gasteiger partial charge in [0.25, 0.3) is 0 Å². The maximum atomic E-state index is 16.1. The van der Waals surface area contributed by atoms with Crippen LogP contribution in [-0.4, -0.2) is 11.7 Å². The van der Waals surface area contributed by atoms with Crippen LogP contribution in [0.5, 0.6) is 5.75 Å². The molecule has 4 aromatic carbocycles. The number of aliphatic hydroxyl groups excluding tert-OH is 1. The summed E-state index contributed by atoms with van der Waals surface area (Å²) in [6.07, 6.45) is 5.70. The summed E-state index contributed by atoms with van der Waals surface area (Å²) in [6, 6.07) is 23.5. The topological polar surface area (TPSA) is 29.5 Å². The van der Waals surface area contributed by atoms with E-state index in [1.54, 1.807) is 36.4 Å². The van der Waals surface area contributed by atoms with Gasteiger partial charge in [-0.05, 0) is 72.6 Å². The van der Waals surface area contributed by atoms with Gasteiger partial charge in [0, 0.05) is 17.7 Å². The van der Waals surface area contributed by atoms with Crippen molar-refractivity contribution in [3.63, 3.8) is 0 Å². The zero-order chi connectivity index (χ0) is 32.1. The number of unbranched alkanes of at least 4 members (excludes halogenated alkanes) is 8. The molecule has 0 aliphatic rings. The van der Waals surface area contributed by atoms with Crippen molar-refractivity contribution in [3.8, 4) is 28.0 Å². The number of hydrogen-bond acceptors (Lipinski definition) is 2. The molecular formula is C39H44F4O2. The summed E-state index contributed by atoms with van der Waals surface area (Å²) >= 11 is 0. The SMILES string of the molecule is CCCCc1cc(C(F)(F)Oc2c(-c3ccccc3)cc(F)c(CCCCCCCCCCO)c2F)ccc1-c1ccccc1. The number of rotatable bonds is 18. The van der Waals surface area contributed by atoms with Gasteiger partial charge in [-0.15, -0.1) is 0 Å². The molecule has 0 unspecified atom stereocenters. The summed E-state index contributed by atoms with van der Waals surface area (Å²) in [7, 11) is 0. The molecule has 45 heavy (non-hydrogen) atoms. The average molecular weight is 621 g/mol. The van der Waals surface area contributed by atoms with Crippen LogP contribution in [0.15, 0.2) is 84.9 Å². The number of halogens is 4. The second-order valence-electron chi connectivity index (χ2n) is 11.7. The zero-order valence-electron chi connectivity index (χ0n) is 26.1. The minimum atomic E-state index is -3.87. The molecule has 0 radical (unpaired) electrons. The largest absolute Gasteiger partial charge is 0.426 e. The quantitative estimate of drug-likeness (QED) is 0.0886. The fraction of sp³-hybridized carbons (Fsp3) is 0.385. The minimum absolute atomic E-state index is 0.0518. The molecule has 0 heterocycles. The first-order valence-corrected chi connectivity index (χ1v) is 16.3. The highest BCUT2D eigenvalue weighted by Gasteiger charge is 2.38. The molecule has 0 saturated carbocycles. The lowest BCUT2D eigenvalue weighted by Crippen LogP contribution is -2.23. The lowest BCUT2D eigenvalue weighted by molar-refractivity contribution is -0.186. The van der Waals surface area contributed by atoms with Crippen LogP contribution in [-0.2, 0) is 19.0 Å². The molecule has 0 spiro atoms. The number of aryl methyl sites for hydroxylation is 1. The molecule has 0 fully saturated rings. The monoisotopic (exact) mass is 620 g/mol. The maximum Gasteiger partial charge on any atom is 0.426 e. The maximum absolute atomic E-state index is 16.1. The smallest absolute Gasteiger partial charge is 0.425 e. The van der Waals surface area contributed by atoms with Crippen LogP contribution in [0.4, 0.5) is 17.6 Å². The van der Waals surface area contributed by atoms with Gasteiger partial charge < -0.3 is 9.84 Å². The van der Waals surface area contributed by atoms with Gasteiger partial charge >= 0.3 is 6.11 Å². The summed E-state index contributed by atoms with van der Waals surface area (Å²) in [5.74, 6) is -2.49. The van der Waals surface area contributed by atoms with Crippen molar-refractivity contribution in [2.75, 3.05) is 6.61 Å². The molecule has 4 aromatic rings. The normalized spacial score (nSPS) is 11.6. The Morgan fingerprint density at radius 2 is 1.22 bits per heavy atom. The van der Waals surface area contributed by atoms with E-state index >= 15 is 17.6 Å². The molecule has 0 bridgehead atoms. The summed E-state index contributed by atoms with van der Waals surface area (Å²) in [5.41, 5.74) is 2.29. The molecular weight excluding hydrogens is 576 g/mol. The Labute approximate surface area is 265 Å². The highest BCUT2D eigenvalue weighted by molar-refractivity contribution is 5.72. The van der Waals surface area contributed by atoms with Gasteiger partial charge in [-0.1, -0.05) is 119 Å². The number of aliphatic hydroxyl groups is 1. The molecule has 0 aromatic heterocycles. The van der Waals surface area contributed by atoms with Crippen LogP contribution >= 0.6 is 0 Å². The molecule has 0 atom stereocenters. The van der Waals surface area contributed by atoms with Crippen LogP contribution in [0.25, 0.3) is 22.3 Å². The number of ether oxygens (including phenoxy) is 1. The summed E-state index contributed by atoms with van der Waals surface area (Å²) in [5, 5.41) is 8.89. The first kappa shape index (κ1) is 34.2. The Morgan fingerprint density at radius 1 is 0.644 bits per heavy atom. The Bertz CT molecular complexity index is 1470. The molecule has 0 saturated heterocycles.